The van der Waals surface area contributed by atoms with Gasteiger partial charge in [-0.25, -0.2) is 0 Å². The summed E-state index contributed by atoms with van der Waals surface area (Å²) in [5.41, 5.74) is -1.05. The minimum absolute atomic E-state index is 0.0107. The van der Waals surface area contributed by atoms with E-state index in [1.54, 1.807) is 11.8 Å². The number of carbonyl (C=O) groups excluding carboxylic acids is 1. The summed E-state index contributed by atoms with van der Waals surface area (Å²) in [6.07, 6.45) is 0.853. The monoisotopic (exact) mass is 271 g/mol. The maximum Gasteiger partial charge on any atom is 0.310 e. The van der Waals surface area contributed by atoms with Crippen LogP contribution in [0.5, 0.6) is 0 Å². The molecule has 5 nitrogen and oxygen atoms in total. The molecule has 0 spiro atoms. The van der Waals surface area contributed by atoms with E-state index in [2.05, 4.69) is 0 Å². The maximum absolute atomic E-state index is 12.3. The van der Waals surface area contributed by atoms with Crippen LogP contribution < -0.4 is 0 Å². The number of hydrogen-bond donors (Lipinski definition) is 2. The number of aliphatic carboxylic acids is 1. The van der Waals surface area contributed by atoms with Crippen molar-refractivity contribution >= 4 is 11.9 Å². The normalized spacial score (nSPS) is 26.5. The number of aliphatic hydroxyl groups is 1. The summed E-state index contributed by atoms with van der Waals surface area (Å²) in [7, 11) is 0. The molecule has 110 valence electrons. The molecule has 0 bridgehead atoms. The van der Waals surface area contributed by atoms with Crippen LogP contribution in [-0.2, 0) is 9.59 Å². The predicted octanol–water partition coefficient (Wildman–Crippen LogP) is 1.35. The van der Waals surface area contributed by atoms with Crippen LogP contribution in [0.25, 0.3) is 0 Å². The Balaban J connectivity index is 2.81. The number of carbonyl (C=O) groups is 2. The van der Waals surface area contributed by atoms with Gasteiger partial charge in [0.1, 0.15) is 0 Å². The fourth-order valence-corrected chi connectivity index (χ4v) is 2.54. The van der Waals surface area contributed by atoms with E-state index in [0.717, 1.165) is 6.42 Å². The lowest BCUT2D eigenvalue weighted by Crippen LogP contribution is -2.44. The number of carboxylic acid groups (broad SMARTS) is 1. The molecular weight excluding hydrogens is 246 g/mol. The number of hydrogen-bond acceptors (Lipinski definition) is 3. The summed E-state index contributed by atoms with van der Waals surface area (Å²) in [6, 6.07) is -0.169. The standard InChI is InChI=1S/C14H25NO4/c1-9(2)14(4,13(18)19)7-12(17)15-6-5-10(3)11(15)8-16/h9-11,16H,5-8H2,1-4H3,(H,18,19). The molecule has 3 unspecified atom stereocenters. The van der Waals surface area contributed by atoms with Crippen molar-refractivity contribution in [3.05, 3.63) is 0 Å². The zero-order valence-corrected chi connectivity index (χ0v) is 12.2. The zero-order chi connectivity index (χ0) is 14.8. The van der Waals surface area contributed by atoms with Crippen molar-refractivity contribution in [3.8, 4) is 0 Å². The van der Waals surface area contributed by atoms with Crippen LogP contribution in [0.4, 0.5) is 0 Å². The molecular formula is C14H25NO4. The molecule has 0 saturated carbocycles. The lowest BCUT2D eigenvalue weighted by Gasteiger charge is -2.32. The molecule has 0 aromatic heterocycles. The summed E-state index contributed by atoms with van der Waals surface area (Å²) in [4.78, 5) is 25.4. The second-order valence-electron chi connectivity index (χ2n) is 6.16. The Kier molecular flexibility index (Phi) is 4.96. The SMILES string of the molecule is CC1CCN(C(=O)CC(C)(C(=O)O)C(C)C)C1CO. The van der Waals surface area contributed by atoms with Gasteiger partial charge in [0.2, 0.25) is 5.91 Å². The molecule has 0 aromatic carbocycles. The van der Waals surface area contributed by atoms with Crippen molar-refractivity contribution in [2.45, 2.75) is 46.6 Å². The number of aliphatic hydroxyl groups excluding tert-OH is 1. The van der Waals surface area contributed by atoms with E-state index in [0.29, 0.717) is 6.54 Å². The average molecular weight is 271 g/mol. The Labute approximate surface area is 114 Å². The van der Waals surface area contributed by atoms with E-state index in [4.69, 9.17) is 0 Å². The molecule has 1 fully saturated rings. The highest BCUT2D eigenvalue weighted by atomic mass is 16.4. The van der Waals surface area contributed by atoms with Crippen molar-refractivity contribution in [1.29, 1.82) is 0 Å². The largest absolute Gasteiger partial charge is 0.481 e. The Morgan fingerprint density at radius 2 is 2.00 bits per heavy atom. The highest BCUT2D eigenvalue weighted by Gasteiger charge is 2.42. The smallest absolute Gasteiger partial charge is 0.310 e. The highest BCUT2D eigenvalue weighted by molar-refractivity contribution is 5.85. The topological polar surface area (TPSA) is 77.8 Å². The van der Waals surface area contributed by atoms with Crippen LogP contribution in [-0.4, -0.2) is 46.2 Å². The molecule has 1 aliphatic heterocycles. The van der Waals surface area contributed by atoms with Crippen molar-refractivity contribution in [2.75, 3.05) is 13.2 Å². The minimum Gasteiger partial charge on any atom is -0.481 e. The van der Waals surface area contributed by atoms with Crippen LogP contribution in [0.15, 0.2) is 0 Å². The summed E-state index contributed by atoms with van der Waals surface area (Å²) >= 11 is 0. The minimum atomic E-state index is -1.05. The number of carboxylic acids is 1. The molecule has 1 saturated heterocycles. The third-order valence-electron chi connectivity index (χ3n) is 4.67. The van der Waals surface area contributed by atoms with Gasteiger partial charge < -0.3 is 15.1 Å². The number of amides is 1. The van der Waals surface area contributed by atoms with Gasteiger partial charge in [0.25, 0.3) is 0 Å². The molecule has 0 aliphatic carbocycles. The first-order valence-electron chi connectivity index (χ1n) is 6.87. The molecule has 19 heavy (non-hydrogen) atoms. The van der Waals surface area contributed by atoms with E-state index >= 15 is 0 Å². The van der Waals surface area contributed by atoms with E-state index in [1.807, 2.05) is 20.8 Å². The van der Waals surface area contributed by atoms with Crippen LogP contribution in [0, 0.1) is 17.3 Å². The van der Waals surface area contributed by atoms with Gasteiger partial charge in [0.05, 0.1) is 18.1 Å². The van der Waals surface area contributed by atoms with Crippen LogP contribution >= 0.6 is 0 Å². The lowest BCUT2D eigenvalue weighted by molar-refractivity contribution is -0.156. The first-order chi connectivity index (χ1) is 8.74. The van der Waals surface area contributed by atoms with Gasteiger partial charge in [0.15, 0.2) is 0 Å². The van der Waals surface area contributed by atoms with Gasteiger partial charge >= 0.3 is 5.97 Å². The molecule has 5 heteroatoms. The summed E-state index contributed by atoms with van der Waals surface area (Å²) < 4.78 is 0. The second kappa shape index (κ2) is 5.90. The van der Waals surface area contributed by atoms with Crippen molar-refractivity contribution in [2.24, 2.45) is 17.3 Å². The Hall–Kier alpha value is -1.10. The lowest BCUT2D eigenvalue weighted by atomic mass is 9.76. The molecule has 1 heterocycles. The van der Waals surface area contributed by atoms with E-state index < -0.39 is 11.4 Å². The summed E-state index contributed by atoms with van der Waals surface area (Å²) in [6.45, 7) is 7.81. The van der Waals surface area contributed by atoms with Gasteiger partial charge in [-0.15, -0.1) is 0 Å². The third-order valence-corrected chi connectivity index (χ3v) is 4.67. The van der Waals surface area contributed by atoms with Crippen molar-refractivity contribution in [1.82, 2.24) is 4.90 Å². The van der Waals surface area contributed by atoms with E-state index in [1.165, 1.54) is 0 Å². The highest BCUT2D eigenvalue weighted by Crippen LogP contribution is 2.34. The Morgan fingerprint density at radius 1 is 1.42 bits per heavy atom. The molecule has 1 rings (SSSR count). The Morgan fingerprint density at radius 3 is 2.42 bits per heavy atom. The maximum atomic E-state index is 12.3. The van der Waals surface area contributed by atoms with Crippen molar-refractivity contribution in [3.63, 3.8) is 0 Å². The van der Waals surface area contributed by atoms with Gasteiger partial charge in [-0.05, 0) is 25.2 Å². The third kappa shape index (κ3) is 3.08. The second-order valence-corrected chi connectivity index (χ2v) is 6.16. The number of nitrogens with zero attached hydrogens (tertiary/aromatic N) is 1. The molecule has 0 aromatic rings. The van der Waals surface area contributed by atoms with Gasteiger partial charge in [-0.1, -0.05) is 20.8 Å². The van der Waals surface area contributed by atoms with Gasteiger partial charge in [0, 0.05) is 13.0 Å². The van der Waals surface area contributed by atoms with Gasteiger partial charge in [-0.3, -0.25) is 9.59 Å². The number of likely N-dealkylation sites (tertiary alicyclic amines) is 1. The first-order valence-corrected chi connectivity index (χ1v) is 6.87. The average Bonchev–Trinajstić information content (AvgIpc) is 2.69. The molecule has 0 radical (unpaired) electrons. The van der Waals surface area contributed by atoms with E-state index in [9.17, 15) is 19.8 Å². The predicted molar refractivity (Wildman–Crippen MR) is 71.6 cm³/mol. The summed E-state index contributed by atoms with van der Waals surface area (Å²) in [5, 5.41) is 18.7. The van der Waals surface area contributed by atoms with Crippen LogP contribution in [0.3, 0.4) is 0 Å². The molecule has 2 N–H and O–H groups in total. The van der Waals surface area contributed by atoms with Crippen molar-refractivity contribution < 1.29 is 19.8 Å². The summed E-state index contributed by atoms with van der Waals surface area (Å²) in [5.74, 6) is -0.962. The van der Waals surface area contributed by atoms with E-state index in [-0.39, 0.29) is 36.8 Å². The Bertz CT molecular complexity index is 355. The first kappa shape index (κ1) is 16.0. The molecule has 3 atom stereocenters. The fraction of sp³-hybridized carbons (Fsp3) is 0.857. The molecule has 1 amide bonds. The van der Waals surface area contributed by atoms with Gasteiger partial charge in [-0.2, -0.15) is 0 Å². The van der Waals surface area contributed by atoms with Crippen LogP contribution in [0.1, 0.15) is 40.5 Å². The fourth-order valence-electron chi connectivity index (χ4n) is 2.54. The number of rotatable bonds is 5. The quantitative estimate of drug-likeness (QED) is 0.791. The molecule has 1 aliphatic rings. The van der Waals surface area contributed by atoms with Crippen LogP contribution in [0.2, 0.25) is 0 Å². The zero-order valence-electron chi connectivity index (χ0n) is 12.2.